The van der Waals surface area contributed by atoms with Gasteiger partial charge in [-0.3, -0.25) is 10.1 Å². The summed E-state index contributed by atoms with van der Waals surface area (Å²) in [6.07, 6.45) is 6.83. The predicted molar refractivity (Wildman–Crippen MR) is 124 cm³/mol. The zero-order valence-electron chi connectivity index (χ0n) is 18.2. The Kier molecular flexibility index (Phi) is 6.72. The van der Waals surface area contributed by atoms with Crippen molar-refractivity contribution in [2.24, 2.45) is 0 Å². The van der Waals surface area contributed by atoms with E-state index in [9.17, 15) is 0 Å². The zero-order valence-corrected chi connectivity index (χ0v) is 18.2. The number of aryl methyl sites for hydroxylation is 1. The number of aliphatic hydroxyl groups excluding tert-OH is 1. The SMILES string of the molecule is COc1cc(C)cc(-c2[nH]ncc2-c2cc(NCCCCO)nc(-c3cccnc3)n2)c1. The second-order valence-corrected chi connectivity index (χ2v) is 7.46. The van der Waals surface area contributed by atoms with Gasteiger partial charge in [0, 0.05) is 48.3 Å². The van der Waals surface area contributed by atoms with Crippen LogP contribution in [0.4, 0.5) is 5.82 Å². The minimum Gasteiger partial charge on any atom is -0.497 e. The van der Waals surface area contributed by atoms with E-state index < -0.39 is 0 Å². The van der Waals surface area contributed by atoms with Crippen LogP contribution < -0.4 is 10.1 Å². The van der Waals surface area contributed by atoms with Crippen molar-refractivity contribution in [2.45, 2.75) is 19.8 Å². The predicted octanol–water partition coefficient (Wildman–Crippen LogP) is 4.10. The summed E-state index contributed by atoms with van der Waals surface area (Å²) in [4.78, 5) is 13.7. The lowest BCUT2D eigenvalue weighted by atomic mass is 10.0. The Morgan fingerprint density at radius 2 is 1.97 bits per heavy atom. The molecule has 0 fully saturated rings. The number of H-pyrrole nitrogens is 1. The molecule has 0 atom stereocenters. The largest absolute Gasteiger partial charge is 0.497 e. The van der Waals surface area contributed by atoms with Crippen LogP contribution in [-0.2, 0) is 0 Å². The number of aliphatic hydroxyl groups is 1. The van der Waals surface area contributed by atoms with Crippen molar-refractivity contribution < 1.29 is 9.84 Å². The third-order valence-electron chi connectivity index (χ3n) is 5.03. The maximum Gasteiger partial charge on any atom is 0.163 e. The number of pyridine rings is 1. The lowest BCUT2D eigenvalue weighted by Crippen LogP contribution is -2.06. The Morgan fingerprint density at radius 1 is 1.06 bits per heavy atom. The van der Waals surface area contributed by atoms with Crippen LogP contribution in [0.25, 0.3) is 33.9 Å². The molecule has 4 rings (SSSR count). The van der Waals surface area contributed by atoms with E-state index in [-0.39, 0.29) is 6.61 Å². The Hall–Kier alpha value is -3.78. The molecular weight excluding hydrogens is 404 g/mol. The Balaban J connectivity index is 1.77. The number of ether oxygens (including phenoxy) is 1. The minimum atomic E-state index is 0.177. The molecule has 8 nitrogen and oxygen atoms in total. The number of aromatic nitrogens is 5. The van der Waals surface area contributed by atoms with Crippen LogP contribution in [0.3, 0.4) is 0 Å². The highest BCUT2D eigenvalue weighted by Crippen LogP contribution is 2.33. The zero-order chi connectivity index (χ0) is 22.3. The van der Waals surface area contributed by atoms with E-state index in [0.29, 0.717) is 18.2 Å². The van der Waals surface area contributed by atoms with Gasteiger partial charge in [-0.2, -0.15) is 5.10 Å². The molecule has 0 saturated carbocycles. The first-order valence-electron chi connectivity index (χ1n) is 10.5. The normalized spacial score (nSPS) is 10.8. The number of benzene rings is 1. The summed E-state index contributed by atoms with van der Waals surface area (Å²) in [5, 5.41) is 19.8. The molecule has 0 amide bonds. The van der Waals surface area contributed by atoms with Crippen LogP contribution in [0, 0.1) is 6.92 Å². The van der Waals surface area contributed by atoms with Crippen molar-refractivity contribution in [3.05, 3.63) is 60.6 Å². The van der Waals surface area contributed by atoms with Crippen molar-refractivity contribution in [3.8, 4) is 39.7 Å². The summed E-state index contributed by atoms with van der Waals surface area (Å²) in [6, 6.07) is 11.8. The third kappa shape index (κ3) is 4.92. The van der Waals surface area contributed by atoms with E-state index in [4.69, 9.17) is 14.8 Å². The maximum atomic E-state index is 9.04. The highest BCUT2D eigenvalue weighted by Gasteiger charge is 2.16. The highest BCUT2D eigenvalue weighted by molar-refractivity contribution is 5.81. The fourth-order valence-electron chi connectivity index (χ4n) is 3.46. The molecule has 0 radical (unpaired) electrons. The molecule has 0 spiro atoms. The van der Waals surface area contributed by atoms with Gasteiger partial charge >= 0.3 is 0 Å². The summed E-state index contributed by atoms with van der Waals surface area (Å²) >= 11 is 0. The van der Waals surface area contributed by atoms with E-state index in [0.717, 1.165) is 52.2 Å². The van der Waals surface area contributed by atoms with Gasteiger partial charge in [0.1, 0.15) is 11.6 Å². The van der Waals surface area contributed by atoms with Gasteiger partial charge in [-0.1, -0.05) is 0 Å². The highest BCUT2D eigenvalue weighted by atomic mass is 16.5. The fraction of sp³-hybridized carbons (Fsp3) is 0.250. The number of unbranched alkanes of at least 4 members (excludes halogenated alkanes) is 1. The number of hydrogen-bond acceptors (Lipinski definition) is 7. The molecule has 164 valence electrons. The first-order chi connectivity index (χ1) is 15.7. The molecule has 0 bridgehead atoms. The van der Waals surface area contributed by atoms with E-state index >= 15 is 0 Å². The standard InChI is InChI=1S/C24H26N6O2/c1-16-10-18(12-19(11-16)32-2)23-20(15-27-30-23)21-13-22(26-8-3-4-9-31)29-24(28-21)17-6-5-7-25-14-17/h5-7,10-15,31H,3-4,8-9H2,1-2H3,(H,27,30)(H,26,28,29). The molecular formula is C24H26N6O2. The quantitative estimate of drug-likeness (QED) is 0.343. The maximum absolute atomic E-state index is 9.04. The Labute approximate surface area is 186 Å². The number of methoxy groups -OCH3 is 1. The van der Waals surface area contributed by atoms with Crippen LogP contribution in [-0.4, -0.2) is 50.5 Å². The molecule has 3 heterocycles. The minimum absolute atomic E-state index is 0.177. The van der Waals surface area contributed by atoms with Crippen LogP contribution >= 0.6 is 0 Å². The summed E-state index contributed by atoms with van der Waals surface area (Å²) in [6.45, 7) is 2.91. The molecule has 8 heteroatoms. The summed E-state index contributed by atoms with van der Waals surface area (Å²) < 4.78 is 5.44. The molecule has 32 heavy (non-hydrogen) atoms. The van der Waals surface area contributed by atoms with Gasteiger partial charge in [0.2, 0.25) is 0 Å². The average molecular weight is 431 g/mol. The van der Waals surface area contributed by atoms with Gasteiger partial charge in [0.15, 0.2) is 5.82 Å². The van der Waals surface area contributed by atoms with E-state index in [1.54, 1.807) is 25.7 Å². The van der Waals surface area contributed by atoms with Crippen LogP contribution in [0.15, 0.2) is 55.0 Å². The van der Waals surface area contributed by atoms with Crippen molar-refractivity contribution in [1.82, 2.24) is 25.1 Å². The van der Waals surface area contributed by atoms with Crippen molar-refractivity contribution in [1.29, 1.82) is 0 Å². The molecule has 0 aliphatic carbocycles. The fourth-order valence-corrected chi connectivity index (χ4v) is 3.46. The average Bonchev–Trinajstić information content (AvgIpc) is 3.32. The summed E-state index contributed by atoms with van der Waals surface area (Å²) in [5.74, 6) is 2.07. The molecule has 1 aromatic carbocycles. The number of aromatic amines is 1. The lowest BCUT2D eigenvalue weighted by Gasteiger charge is -2.11. The smallest absolute Gasteiger partial charge is 0.163 e. The van der Waals surface area contributed by atoms with Crippen LogP contribution in [0.2, 0.25) is 0 Å². The molecule has 3 N–H and O–H groups in total. The van der Waals surface area contributed by atoms with E-state index in [1.807, 2.05) is 37.3 Å². The third-order valence-corrected chi connectivity index (χ3v) is 5.03. The Bertz CT molecular complexity index is 1180. The van der Waals surface area contributed by atoms with Gasteiger partial charge < -0.3 is 15.2 Å². The molecule has 4 aromatic rings. The molecule has 0 unspecified atom stereocenters. The summed E-state index contributed by atoms with van der Waals surface area (Å²) in [5.41, 5.74) is 5.35. The van der Waals surface area contributed by atoms with Crippen molar-refractivity contribution in [3.63, 3.8) is 0 Å². The number of nitrogens with one attached hydrogen (secondary N) is 2. The molecule has 0 aliphatic heterocycles. The number of rotatable bonds is 9. The van der Waals surface area contributed by atoms with Gasteiger partial charge in [-0.15, -0.1) is 0 Å². The monoisotopic (exact) mass is 430 g/mol. The number of anilines is 1. The van der Waals surface area contributed by atoms with E-state index in [2.05, 4.69) is 31.5 Å². The topological polar surface area (TPSA) is 109 Å². The first-order valence-corrected chi connectivity index (χ1v) is 10.5. The van der Waals surface area contributed by atoms with Gasteiger partial charge in [0.05, 0.1) is 24.7 Å². The number of hydrogen-bond donors (Lipinski definition) is 3. The summed E-state index contributed by atoms with van der Waals surface area (Å²) in [7, 11) is 1.66. The first kappa shape index (κ1) is 21.5. The van der Waals surface area contributed by atoms with Gasteiger partial charge in [0.25, 0.3) is 0 Å². The second kappa shape index (κ2) is 10.0. The molecule has 3 aromatic heterocycles. The number of nitrogens with zero attached hydrogens (tertiary/aromatic N) is 4. The molecule has 0 aliphatic rings. The van der Waals surface area contributed by atoms with Crippen molar-refractivity contribution >= 4 is 5.82 Å². The van der Waals surface area contributed by atoms with E-state index in [1.165, 1.54) is 0 Å². The second-order valence-electron chi connectivity index (χ2n) is 7.46. The van der Waals surface area contributed by atoms with Gasteiger partial charge in [-0.25, -0.2) is 9.97 Å². The van der Waals surface area contributed by atoms with Crippen LogP contribution in [0.5, 0.6) is 5.75 Å². The lowest BCUT2D eigenvalue weighted by molar-refractivity contribution is 0.286. The Morgan fingerprint density at radius 3 is 2.75 bits per heavy atom. The van der Waals surface area contributed by atoms with Crippen molar-refractivity contribution in [2.75, 3.05) is 25.6 Å². The molecule has 0 saturated heterocycles. The van der Waals surface area contributed by atoms with Crippen LogP contribution in [0.1, 0.15) is 18.4 Å². The van der Waals surface area contributed by atoms with Gasteiger partial charge in [-0.05, 0) is 55.7 Å².